The summed E-state index contributed by atoms with van der Waals surface area (Å²) in [6, 6.07) is 20.2. The van der Waals surface area contributed by atoms with Crippen LogP contribution >= 0.6 is 23.2 Å². The van der Waals surface area contributed by atoms with Crippen molar-refractivity contribution in [2.24, 2.45) is 5.10 Å². The quantitative estimate of drug-likeness (QED) is 0.259. The van der Waals surface area contributed by atoms with Gasteiger partial charge in [-0.1, -0.05) is 71.7 Å². The number of nitrogens with one attached hydrogen (secondary N) is 2. The Balaban J connectivity index is 1.54. The first kappa shape index (κ1) is 25.1. The number of ether oxygens (including phenoxy) is 2. The van der Waals surface area contributed by atoms with E-state index < -0.39 is 11.8 Å². The first-order chi connectivity index (χ1) is 16.5. The molecule has 0 aliphatic heterocycles. The van der Waals surface area contributed by atoms with Gasteiger partial charge in [-0.15, -0.1) is 0 Å². The second-order valence-electron chi connectivity index (χ2n) is 7.10. The number of hydrogen-bond donors (Lipinski definition) is 2. The van der Waals surface area contributed by atoms with Crippen molar-refractivity contribution >= 4 is 41.2 Å². The van der Waals surface area contributed by atoms with E-state index in [1.54, 1.807) is 18.2 Å². The number of carbonyl (C=O) groups is 2. The molecule has 2 amide bonds. The third-order valence-electron chi connectivity index (χ3n) is 4.71. The summed E-state index contributed by atoms with van der Waals surface area (Å²) in [6.07, 6.45) is 1.97. The molecule has 0 aromatic heterocycles. The van der Waals surface area contributed by atoms with Gasteiger partial charge >= 0.3 is 11.8 Å². The molecule has 0 unspecified atom stereocenters. The van der Waals surface area contributed by atoms with E-state index in [0.717, 1.165) is 11.1 Å². The molecule has 3 aromatic carbocycles. The van der Waals surface area contributed by atoms with Gasteiger partial charge in [-0.2, -0.15) is 5.10 Å². The molecule has 0 spiro atoms. The predicted molar refractivity (Wildman–Crippen MR) is 133 cm³/mol. The zero-order chi connectivity index (χ0) is 24.3. The Bertz CT molecular complexity index is 1170. The van der Waals surface area contributed by atoms with Crippen molar-refractivity contribution in [2.75, 3.05) is 13.7 Å². The molecule has 0 fully saturated rings. The second-order valence-corrected chi connectivity index (χ2v) is 7.92. The number of benzene rings is 3. The molecular formula is C25H23Cl2N3O4. The highest BCUT2D eigenvalue weighted by Crippen LogP contribution is 2.37. The second kappa shape index (κ2) is 12.6. The molecule has 0 aliphatic carbocycles. The van der Waals surface area contributed by atoms with Gasteiger partial charge in [0, 0.05) is 17.1 Å². The standard InChI is InChI=1S/C25H23Cl2N3O4/c1-33-22-14-18(13-21(27)23(22)34-16-19-9-5-6-10-20(19)26)15-29-30-25(32)24(31)28-12-11-17-7-3-2-4-8-17/h2-10,13-15H,11-12,16H2,1H3,(H,28,31)(H,30,32)/b29-15-. The van der Waals surface area contributed by atoms with E-state index in [-0.39, 0.29) is 11.6 Å². The number of rotatable bonds is 9. The molecule has 0 heterocycles. The highest BCUT2D eigenvalue weighted by Gasteiger charge is 2.14. The number of nitrogens with zero attached hydrogens (tertiary/aromatic N) is 1. The number of carbonyl (C=O) groups excluding carboxylic acids is 2. The Labute approximate surface area is 207 Å². The van der Waals surface area contributed by atoms with Gasteiger partial charge in [-0.3, -0.25) is 9.59 Å². The van der Waals surface area contributed by atoms with Gasteiger partial charge < -0.3 is 14.8 Å². The lowest BCUT2D eigenvalue weighted by molar-refractivity contribution is -0.139. The van der Waals surface area contributed by atoms with E-state index in [1.165, 1.54) is 13.3 Å². The first-order valence-electron chi connectivity index (χ1n) is 10.4. The summed E-state index contributed by atoms with van der Waals surface area (Å²) in [7, 11) is 1.48. The van der Waals surface area contributed by atoms with E-state index in [0.29, 0.717) is 35.1 Å². The zero-order valence-corrected chi connectivity index (χ0v) is 19.9. The highest BCUT2D eigenvalue weighted by atomic mass is 35.5. The average Bonchev–Trinajstić information content (AvgIpc) is 2.84. The fraction of sp³-hybridized carbons (Fsp3) is 0.160. The monoisotopic (exact) mass is 499 g/mol. The number of hydrogen-bond acceptors (Lipinski definition) is 5. The molecule has 0 atom stereocenters. The summed E-state index contributed by atoms with van der Waals surface area (Å²) in [5.41, 5.74) is 4.60. The van der Waals surface area contributed by atoms with Gasteiger partial charge in [0.15, 0.2) is 11.5 Å². The zero-order valence-electron chi connectivity index (χ0n) is 18.4. The Kier molecular flexibility index (Phi) is 9.31. The number of methoxy groups -OCH3 is 1. The minimum atomic E-state index is -0.873. The van der Waals surface area contributed by atoms with E-state index in [1.807, 2.05) is 48.5 Å². The predicted octanol–water partition coefficient (Wildman–Crippen LogP) is 4.39. The molecule has 3 aromatic rings. The van der Waals surface area contributed by atoms with Crippen LogP contribution in [0.15, 0.2) is 71.8 Å². The lowest BCUT2D eigenvalue weighted by Crippen LogP contribution is -2.38. The number of hydrazone groups is 1. The maximum absolute atomic E-state index is 11.9. The maximum Gasteiger partial charge on any atom is 0.329 e. The van der Waals surface area contributed by atoms with Gasteiger partial charge in [0.1, 0.15) is 6.61 Å². The SMILES string of the molecule is COc1cc(/C=N\NC(=O)C(=O)NCCc2ccccc2)cc(Cl)c1OCc1ccccc1Cl. The smallest absolute Gasteiger partial charge is 0.329 e. The molecule has 0 aliphatic rings. The molecule has 0 radical (unpaired) electrons. The van der Waals surface area contributed by atoms with Crippen molar-refractivity contribution in [3.63, 3.8) is 0 Å². The van der Waals surface area contributed by atoms with Crippen molar-refractivity contribution < 1.29 is 19.1 Å². The van der Waals surface area contributed by atoms with Crippen LogP contribution in [0.4, 0.5) is 0 Å². The lowest BCUT2D eigenvalue weighted by Gasteiger charge is -2.14. The summed E-state index contributed by atoms with van der Waals surface area (Å²) < 4.78 is 11.2. The average molecular weight is 500 g/mol. The van der Waals surface area contributed by atoms with Crippen molar-refractivity contribution in [3.8, 4) is 11.5 Å². The van der Waals surface area contributed by atoms with Crippen LogP contribution in [0.2, 0.25) is 10.0 Å². The van der Waals surface area contributed by atoms with E-state index in [9.17, 15) is 9.59 Å². The first-order valence-corrected chi connectivity index (χ1v) is 11.1. The summed E-state index contributed by atoms with van der Waals surface area (Å²) in [4.78, 5) is 23.9. The minimum absolute atomic E-state index is 0.207. The van der Waals surface area contributed by atoms with Crippen molar-refractivity contribution in [1.29, 1.82) is 0 Å². The molecule has 176 valence electrons. The van der Waals surface area contributed by atoms with Crippen LogP contribution in [-0.4, -0.2) is 31.7 Å². The normalized spacial score (nSPS) is 10.7. The molecular weight excluding hydrogens is 477 g/mol. The Morgan fingerprint density at radius 3 is 2.44 bits per heavy atom. The van der Waals surface area contributed by atoms with Crippen LogP contribution in [0.1, 0.15) is 16.7 Å². The Morgan fingerprint density at radius 2 is 1.71 bits per heavy atom. The van der Waals surface area contributed by atoms with Crippen LogP contribution in [0.5, 0.6) is 11.5 Å². The summed E-state index contributed by atoms with van der Waals surface area (Å²) in [5, 5.41) is 7.25. The van der Waals surface area contributed by atoms with Crippen LogP contribution in [0.3, 0.4) is 0 Å². The Hall–Kier alpha value is -3.55. The van der Waals surface area contributed by atoms with E-state index in [4.69, 9.17) is 32.7 Å². The third kappa shape index (κ3) is 7.23. The van der Waals surface area contributed by atoms with Gasteiger partial charge in [-0.05, 0) is 35.7 Å². The minimum Gasteiger partial charge on any atom is -0.493 e. The van der Waals surface area contributed by atoms with Crippen LogP contribution in [0, 0.1) is 0 Å². The topological polar surface area (TPSA) is 89.0 Å². The van der Waals surface area contributed by atoms with E-state index in [2.05, 4.69) is 15.8 Å². The highest BCUT2D eigenvalue weighted by molar-refractivity contribution is 6.35. The van der Waals surface area contributed by atoms with Gasteiger partial charge in [-0.25, -0.2) is 5.43 Å². The fourth-order valence-corrected chi connectivity index (χ4v) is 3.45. The number of amides is 2. The number of halogens is 2. The van der Waals surface area contributed by atoms with Crippen molar-refractivity contribution in [3.05, 3.63) is 93.5 Å². The van der Waals surface area contributed by atoms with Crippen LogP contribution in [-0.2, 0) is 22.6 Å². The van der Waals surface area contributed by atoms with Crippen molar-refractivity contribution in [1.82, 2.24) is 10.7 Å². The summed E-state index contributed by atoms with van der Waals surface area (Å²) >= 11 is 12.5. The Morgan fingerprint density at radius 1 is 0.971 bits per heavy atom. The van der Waals surface area contributed by atoms with Gasteiger partial charge in [0.2, 0.25) is 0 Å². The maximum atomic E-state index is 11.9. The molecule has 34 heavy (non-hydrogen) atoms. The third-order valence-corrected chi connectivity index (χ3v) is 5.36. The molecule has 2 N–H and O–H groups in total. The molecule has 3 rings (SSSR count). The largest absolute Gasteiger partial charge is 0.493 e. The summed E-state index contributed by atoms with van der Waals surface area (Å²) in [5.74, 6) is -0.914. The lowest BCUT2D eigenvalue weighted by atomic mass is 10.1. The molecule has 0 bridgehead atoms. The molecule has 7 nitrogen and oxygen atoms in total. The summed E-state index contributed by atoms with van der Waals surface area (Å²) in [6.45, 7) is 0.543. The molecule has 9 heteroatoms. The fourth-order valence-electron chi connectivity index (χ4n) is 2.98. The van der Waals surface area contributed by atoms with Crippen LogP contribution < -0.4 is 20.2 Å². The van der Waals surface area contributed by atoms with Gasteiger partial charge in [0.25, 0.3) is 0 Å². The molecule has 0 saturated carbocycles. The van der Waals surface area contributed by atoms with Crippen molar-refractivity contribution in [2.45, 2.75) is 13.0 Å². The van der Waals surface area contributed by atoms with Gasteiger partial charge in [0.05, 0.1) is 18.3 Å². The van der Waals surface area contributed by atoms with Crippen LogP contribution in [0.25, 0.3) is 0 Å². The van der Waals surface area contributed by atoms with E-state index >= 15 is 0 Å². The molecule has 0 saturated heterocycles.